The largest absolute Gasteiger partial charge is 0.383 e. The van der Waals surface area contributed by atoms with Gasteiger partial charge in [0.1, 0.15) is 12.1 Å². The Hall–Kier alpha value is -1.85. The molecule has 0 fully saturated rings. The van der Waals surface area contributed by atoms with Crippen LogP contribution in [0.3, 0.4) is 0 Å². The number of nitrogens with zero attached hydrogens (tertiary/aromatic N) is 4. The second-order valence-electron chi connectivity index (χ2n) is 2.88. The molecule has 1 atom stereocenters. The molecule has 1 rings (SSSR count). The van der Waals surface area contributed by atoms with Crippen molar-refractivity contribution >= 4 is 0 Å². The molecule has 0 bridgehead atoms. The van der Waals surface area contributed by atoms with E-state index >= 15 is 0 Å². The van der Waals surface area contributed by atoms with Crippen LogP contribution in [0.25, 0.3) is 0 Å². The molecule has 1 unspecified atom stereocenters. The monoisotopic (exact) mass is 190 g/mol. The van der Waals surface area contributed by atoms with Gasteiger partial charge in [-0.2, -0.15) is 10.5 Å². The van der Waals surface area contributed by atoms with Crippen molar-refractivity contribution in [1.29, 1.82) is 10.5 Å². The van der Waals surface area contributed by atoms with E-state index in [-0.39, 0.29) is 17.4 Å². The van der Waals surface area contributed by atoms with Gasteiger partial charge in [0.25, 0.3) is 0 Å². The Balaban J connectivity index is 3.06. The lowest BCUT2D eigenvalue weighted by atomic mass is 10.3. The van der Waals surface area contributed by atoms with Crippen LogP contribution in [0.2, 0.25) is 0 Å². The lowest BCUT2D eigenvalue weighted by molar-refractivity contribution is 0.162. The van der Waals surface area contributed by atoms with Crippen molar-refractivity contribution in [3.05, 3.63) is 17.7 Å². The van der Waals surface area contributed by atoms with Crippen LogP contribution in [0.5, 0.6) is 0 Å². The molecule has 1 heterocycles. The third kappa shape index (κ3) is 1.73. The van der Waals surface area contributed by atoms with E-state index in [0.717, 1.165) is 0 Å². The zero-order valence-electron chi connectivity index (χ0n) is 8.06. The predicted molar refractivity (Wildman–Crippen MR) is 48.2 cm³/mol. The molecule has 1 aromatic heterocycles. The fourth-order valence-corrected chi connectivity index (χ4v) is 1.21. The van der Waals surface area contributed by atoms with Gasteiger partial charge in [0.05, 0.1) is 19.0 Å². The second-order valence-corrected chi connectivity index (χ2v) is 2.88. The molecule has 0 N–H and O–H groups in total. The zero-order chi connectivity index (χ0) is 10.6. The van der Waals surface area contributed by atoms with Gasteiger partial charge in [-0.3, -0.25) is 0 Å². The Morgan fingerprint density at radius 2 is 2.29 bits per heavy atom. The summed E-state index contributed by atoms with van der Waals surface area (Å²) in [6.45, 7) is 2.38. The summed E-state index contributed by atoms with van der Waals surface area (Å²) >= 11 is 0. The van der Waals surface area contributed by atoms with Gasteiger partial charge >= 0.3 is 0 Å². The van der Waals surface area contributed by atoms with Crippen molar-refractivity contribution in [2.75, 3.05) is 13.7 Å². The number of imidazole rings is 1. The van der Waals surface area contributed by atoms with Gasteiger partial charge in [-0.25, -0.2) is 4.98 Å². The molecule has 0 saturated heterocycles. The number of aromatic nitrogens is 2. The van der Waals surface area contributed by atoms with Crippen molar-refractivity contribution in [2.24, 2.45) is 0 Å². The van der Waals surface area contributed by atoms with Gasteiger partial charge in [0.15, 0.2) is 11.4 Å². The smallest absolute Gasteiger partial charge is 0.176 e. The van der Waals surface area contributed by atoms with E-state index in [9.17, 15) is 0 Å². The second kappa shape index (κ2) is 4.40. The molecule has 0 aliphatic heterocycles. The highest BCUT2D eigenvalue weighted by Crippen LogP contribution is 2.12. The first-order valence-electron chi connectivity index (χ1n) is 4.10. The maximum Gasteiger partial charge on any atom is 0.176 e. The topological polar surface area (TPSA) is 74.6 Å². The summed E-state index contributed by atoms with van der Waals surface area (Å²) in [5, 5.41) is 17.5. The van der Waals surface area contributed by atoms with Crippen molar-refractivity contribution in [2.45, 2.75) is 13.0 Å². The van der Waals surface area contributed by atoms with E-state index in [1.807, 2.05) is 19.1 Å². The Labute approximate surface area is 82.2 Å². The molecule has 14 heavy (non-hydrogen) atoms. The third-order valence-electron chi connectivity index (χ3n) is 1.89. The number of hydrogen-bond acceptors (Lipinski definition) is 4. The minimum Gasteiger partial charge on any atom is -0.383 e. The minimum absolute atomic E-state index is 0.00394. The highest BCUT2D eigenvalue weighted by Gasteiger charge is 2.14. The first kappa shape index (κ1) is 10.2. The molecule has 0 saturated carbocycles. The summed E-state index contributed by atoms with van der Waals surface area (Å²) in [6.07, 6.45) is 1.49. The molecule has 0 aliphatic rings. The highest BCUT2D eigenvalue weighted by molar-refractivity contribution is 5.36. The standard InChI is InChI=1S/C9H10N4O/c1-7(5-14-2)13-6-12-8(3-10)9(13)4-11/h6-7H,5H2,1-2H3. The summed E-state index contributed by atoms with van der Waals surface area (Å²) in [6, 6.07) is 3.83. The van der Waals surface area contributed by atoms with Crippen LogP contribution < -0.4 is 0 Å². The normalized spacial score (nSPS) is 11.7. The summed E-state index contributed by atoms with van der Waals surface area (Å²) in [4.78, 5) is 3.83. The van der Waals surface area contributed by atoms with E-state index in [1.165, 1.54) is 6.33 Å². The van der Waals surface area contributed by atoms with Crippen LogP contribution in [0.1, 0.15) is 24.4 Å². The number of methoxy groups -OCH3 is 1. The molecule has 5 heteroatoms. The van der Waals surface area contributed by atoms with E-state index < -0.39 is 0 Å². The van der Waals surface area contributed by atoms with Crippen LogP contribution in [0.15, 0.2) is 6.33 Å². The van der Waals surface area contributed by atoms with Crippen LogP contribution in [0, 0.1) is 22.7 Å². The van der Waals surface area contributed by atoms with Gasteiger partial charge in [-0.1, -0.05) is 0 Å². The van der Waals surface area contributed by atoms with Crippen molar-refractivity contribution in [3.8, 4) is 12.1 Å². The van der Waals surface area contributed by atoms with Gasteiger partial charge in [-0.15, -0.1) is 0 Å². The summed E-state index contributed by atoms with van der Waals surface area (Å²) in [7, 11) is 1.59. The number of nitriles is 2. The summed E-state index contributed by atoms with van der Waals surface area (Å²) < 4.78 is 6.60. The van der Waals surface area contributed by atoms with Crippen molar-refractivity contribution < 1.29 is 4.74 Å². The third-order valence-corrected chi connectivity index (χ3v) is 1.89. The van der Waals surface area contributed by atoms with E-state index in [1.54, 1.807) is 11.7 Å². The van der Waals surface area contributed by atoms with Crippen LogP contribution in [0.4, 0.5) is 0 Å². The summed E-state index contributed by atoms with van der Waals surface area (Å²) in [5.41, 5.74) is 0.451. The Morgan fingerprint density at radius 3 is 2.79 bits per heavy atom. The lowest BCUT2D eigenvalue weighted by Crippen LogP contribution is -2.11. The molecule has 0 amide bonds. The Kier molecular flexibility index (Phi) is 3.22. The molecule has 1 aromatic rings. The molecule has 0 aliphatic carbocycles. The van der Waals surface area contributed by atoms with Gasteiger partial charge in [0.2, 0.25) is 0 Å². The zero-order valence-corrected chi connectivity index (χ0v) is 8.06. The average Bonchev–Trinajstić information content (AvgIpc) is 2.60. The SMILES string of the molecule is COCC(C)n1cnc(C#N)c1C#N. The molecule has 0 radical (unpaired) electrons. The van der Waals surface area contributed by atoms with Crippen molar-refractivity contribution in [1.82, 2.24) is 9.55 Å². The van der Waals surface area contributed by atoms with Gasteiger partial charge < -0.3 is 9.30 Å². The molecule has 5 nitrogen and oxygen atoms in total. The maximum absolute atomic E-state index is 8.83. The Morgan fingerprint density at radius 1 is 1.57 bits per heavy atom. The van der Waals surface area contributed by atoms with Crippen molar-refractivity contribution in [3.63, 3.8) is 0 Å². The van der Waals surface area contributed by atoms with E-state index in [0.29, 0.717) is 6.61 Å². The first-order chi connectivity index (χ1) is 6.74. The van der Waals surface area contributed by atoms with Gasteiger partial charge in [0, 0.05) is 7.11 Å². The van der Waals surface area contributed by atoms with E-state index in [4.69, 9.17) is 15.3 Å². The number of rotatable bonds is 3. The average molecular weight is 190 g/mol. The molecular weight excluding hydrogens is 180 g/mol. The fourth-order valence-electron chi connectivity index (χ4n) is 1.21. The summed E-state index contributed by atoms with van der Waals surface area (Å²) in [5.74, 6) is 0. The van der Waals surface area contributed by atoms with Gasteiger partial charge in [-0.05, 0) is 6.92 Å². The number of hydrogen-bond donors (Lipinski definition) is 0. The predicted octanol–water partition coefficient (Wildman–Crippen LogP) is 0.834. The first-order valence-corrected chi connectivity index (χ1v) is 4.10. The van der Waals surface area contributed by atoms with Crippen LogP contribution in [-0.4, -0.2) is 23.3 Å². The quantitative estimate of drug-likeness (QED) is 0.707. The molecule has 72 valence electrons. The molecule has 0 spiro atoms. The fraction of sp³-hybridized carbons (Fsp3) is 0.444. The number of ether oxygens (including phenoxy) is 1. The highest BCUT2D eigenvalue weighted by atomic mass is 16.5. The minimum atomic E-state index is 0.00394. The lowest BCUT2D eigenvalue weighted by Gasteiger charge is -2.12. The Bertz CT molecular complexity index is 396. The van der Waals surface area contributed by atoms with Crippen LogP contribution in [-0.2, 0) is 4.74 Å². The van der Waals surface area contributed by atoms with Crippen LogP contribution >= 0.6 is 0 Å². The maximum atomic E-state index is 8.83. The molecular formula is C9H10N4O. The molecule has 0 aromatic carbocycles. The van der Waals surface area contributed by atoms with E-state index in [2.05, 4.69) is 4.98 Å².